The van der Waals surface area contributed by atoms with Gasteiger partial charge in [-0.05, 0) is 59.6 Å². The van der Waals surface area contributed by atoms with Gasteiger partial charge in [0.05, 0.1) is 11.1 Å². The first-order valence-corrected chi connectivity index (χ1v) is 13.3. The number of nitrogens with one attached hydrogen (secondary N) is 1. The summed E-state index contributed by atoms with van der Waals surface area (Å²) in [6, 6.07) is 13.7. The Bertz CT molecular complexity index is 1730. The van der Waals surface area contributed by atoms with Crippen molar-refractivity contribution in [1.29, 1.82) is 5.26 Å². The fourth-order valence-corrected chi connectivity index (χ4v) is 6.78. The molecule has 40 heavy (non-hydrogen) atoms. The highest BCUT2D eigenvalue weighted by Gasteiger charge is 2.33. The molecule has 2 aliphatic rings. The summed E-state index contributed by atoms with van der Waals surface area (Å²) < 4.78 is 41.4. The van der Waals surface area contributed by atoms with Crippen LogP contribution in [-0.4, -0.2) is 26.7 Å². The Hall–Kier alpha value is -4.56. The smallest absolute Gasteiger partial charge is 0.311 e. The van der Waals surface area contributed by atoms with Crippen LogP contribution in [0.2, 0.25) is 0 Å². The molecule has 0 saturated heterocycles. The second-order valence-corrected chi connectivity index (χ2v) is 10.8. The number of amides is 2. The van der Waals surface area contributed by atoms with E-state index in [9.17, 15) is 28.0 Å². The van der Waals surface area contributed by atoms with Gasteiger partial charge in [-0.1, -0.05) is 30.3 Å². The average molecular weight is 560 g/mol. The molecule has 3 heterocycles. The zero-order chi connectivity index (χ0) is 28.0. The number of fused-ring (bicyclic) bond motifs is 2. The highest BCUT2D eigenvalue weighted by Crippen LogP contribution is 2.44. The maximum Gasteiger partial charge on any atom is 0.311 e. The number of carbonyl (C=O) groups excluding carboxylic acids is 2. The van der Waals surface area contributed by atoms with Gasteiger partial charge in [0.25, 0.3) is 11.8 Å². The first kappa shape index (κ1) is 25.7. The maximum atomic E-state index is 14.1. The molecule has 2 aromatic heterocycles. The third-order valence-electron chi connectivity index (χ3n) is 7.41. The van der Waals surface area contributed by atoms with Gasteiger partial charge >= 0.3 is 6.08 Å². The van der Waals surface area contributed by atoms with E-state index in [0.29, 0.717) is 23.4 Å². The number of nitrogens with zero attached hydrogens (tertiary/aromatic N) is 4. The third kappa shape index (κ3) is 4.50. The van der Waals surface area contributed by atoms with Crippen molar-refractivity contribution in [2.45, 2.75) is 38.3 Å². The van der Waals surface area contributed by atoms with E-state index < -0.39 is 29.7 Å². The Morgan fingerprint density at radius 1 is 1.05 bits per heavy atom. The fourth-order valence-electron chi connectivity index (χ4n) is 5.50. The minimum atomic E-state index is -1.24. The van der Waals surface area contributed by atoms with Gasteiger partial charge in [0.1, 0.15) is 22.5 Å². The molecule has 0 radical (unpaired) electrons. The average Bonchev–Trinajstić information content (AvgIpc) is 3.53. The number of anilines is 1. The van der Waals surface area contributed by atoms with Crippen molar-refractivity contribution in [3.05, 3.63) is 110 Å². The molecular formula is C29H20F3N5O2S. The number of rotatable bonds is 4. The normalized spacial score (nSPS) is 15.8. The summed E-state index contributed by atoms with van der Waals surface area (Å²) in [4.78, 5) is 34.5. The Morgan fingerprint density at radius 3 is 2.65 bits per heavy atom. The Morgan fingerprint density at radius 2 is 1.88 bits per heavy atom. The molecule has 1 unspecified atom stereocenters. The van der Waals surface area contributed by atoms with Crippen molar-refractivity contribution in [3.63, 3.8) is 0 Å². The predicted molar refractivity (Wildman–Crippen MR) is 140 cm³/mol. The number of halogens is 3. The van der Waals surface area contributed by atoms with Gasteiger partial charge in [0, 0.05) is 24.2 Å². The summed E-state index contributed by atoms with van der Waals surface area (Å²) in [6.07, 6.45) is 1.64. The number of benzene rings is 2. The van der Waals surface area contributed by atoms with Crippen LogP contribution in [-0.2, 0) is 25.9 Å². The Labute approximate surface area is 230 Å². The molecule has 0 saturated carbocycles. The molecular weight excluding hydrogens is 539 g/mol. The number of aromatic nitrogens is 2. The van der Waals surface area contributed by atoms with E-state index in [1.165, 1.54) is 34.4 Å². The van der Waals surface area contributed by atoms with E-state index in [2.05, 4.69) is 21.4 Å². The molecule has 4 aromatic rings. The molecule has 0 bridgehead atoms. The molecule has 2 amide bonds. The number of hydrogen-bond donors (Lipinski definition) is 1. The minimum Gasteiger partial charge on any atom is -0.330 e. The van der Waals surface area contributed by atoms with E-state index in [0.717, 1.165) is 39.7 Å². The molecule has 1 aliphatic carbocycles. The molecule has 11 heteroatoms. The van der Waals surface area contributed by atoms with Gasteiger partial charge in [-0.15, -0.1) is 11.3 Å². The maximum absolute atomic E-state index is 14.1. The van der Waals surface area contributed by atoms with Gasteiger partial charge in [-0.3, -0.25) is 9.59 Å². The van der Waals surface area contributed by atoms with Crippen LogP contribution in [0, 0.1) is 29.2 Å². The van der Waals surface area contributed by atoms with Crippen LogP contribution < -0.4 is 5.32 Å². The molecule has 1 atom stereocenters. The summed E-state index contributed by atoms with van der Waals surface area (Å²) in [6.45, 7) is 0.545. The summed E-state index contributed by atoms with van der Waals surface area (Å²) in [5.74, 6) is -2.96. The predicted octanol–water partition coefficient (Wildman–Crippen LogP) is 5.51. The Kier molecular flexibility index (Phi) is 6.56. The zero-order valence-electron chi connectivity index (χ0n) is 20.9. The van der Waals surface area contributed by atoms with Gasteiger partial charge in [-0.2, -0.15) is 19.0 Å². The summed E-state index contributed by atoms with van der Waals surface area (Å²) in [5, 5.41) is 13.0. The minimum absolute atomic E-state index is 0.0957. The van der Waals surface area contributed by atoms with Crippen molar-refractivity contribution < 1.29 is 22.8 Å². The van der Waals surface area contributed by atoms with Gasteiger partial charge in [0.2, 0.25) is 5.95 Å². The van der Waals surface area contributed by atoms with Crippen molar-refractivity contribution in [1.82, 2.24) is 14.9 Å². The van der Waals surface area contributed by atoms with Gasteiger partial charge < -0.3 is 10.2 Å². The van der Waals surface area contributed by atoms with Crippen LogP contribution >= 0.6 is 11.3 Å². The zero-order valence-corrected chi connectivity index (χ0v) is 21.7. The van der Waals surface area contributed by atoms with Crippen molar-refractivity contribution >= 4 is 28.2 Å². The SMILES string of the molecule is N#Cc1c(NC(=O)c2ccccc2F)sc2c1CCC(c1cccc3c1CN(C(=O)c1cnc(F)nc1F)C3)C2. The first-order chi connectivity index (χ1) is 19.3. The monoisotopic (exact) mass is 559 g/mol. The summed E-state index contributed by atoms with van der Waals surface area (Å²) in [7, 11) is 0. The van der Waals surface area contributed by atoms with E-state index in [4.69, 9.17) is 0 Å². The summed E-state index contributed by atoms with van der Waals surface area (Å²) in [5.41, 5.74) is 3.82. The lowest BCUT2D eigenvalue weighted by Crippen LogP contribution is -2.27. The van der Waals surface area contributed by atoms with Gasteiger partial charge in [0.15, 0.2) is 0 Å². The lowest BCUT2D eigenvalue weighted by molar-refractivity contribution is 0.0744. The highest BCUT2D eigenvalue weighted by atomic mass is 32.1. The highest BCUT2D eigenvalue weighted by molar-refractivity contribution is 7.16. The van der Waals surface area contributed by atoms with Crippen LogP contribution in [0.1, 0.15) is 65.7 Å². The second-order valence-electron chi connectivity index (χ2n) is 9.68. The lowest BCUT2D eigenvalue weighted by Gasteiger charge is -2.25. The molecule has 2 aromatic carbocycles. The van der Waals surface area contributed by atoms with Crippen LogP contribution in [0.25, 0.3) is 0 Å². The number of thiophene rings is 1. The van der Waals surface area contributed by atoms with E-state index in [-0.39, 0.29) is 30.1 Å². The van der Waals surface area contributed by atoms with Crippen LogP contribution in [0.4, 0.5) is 18.2 Å². The molecule has 0 fully saturated rings. The van der Waals surface area contributed by atoms with Crippen LogP contribution in [0.3, 0.4) is 0 Å². The van der Waals surface area contributed by atoms with Crippen molar-refractivity contribution in [2.24, 2.45) is 0 Å². The topological polar surface area (TPSA) is 99.0 Å². The second kappa shape index (κ2) is 10.2. The number of hydrogen-bond acceptors (Lipinski definition) is 6. The fraction of sp³-hybridized carbons (Fsp3) is 0.207. The van der Waals surface area contributed by atoms with E-state index in [1.807, 2.05) is 18.2 Å². The first-order valence-electron chi connectivity index (χ1n) is 12.5. The standard InChI is InChI=1S/C29H20F3N5O2S/c30-23-7-2-1-5-19(23)26(38)36-27-20(11-33)18-9-8-15(10-24(18)40-27)17-6-3-4-16-13-37(14-22(16)17)28(39)21-12-34-29(32)35-25(21)31/h1-7,12,15H,8-10,13-14H2,(H,36,38). The van der Waals surface area contributed by atoms with Crippen molar-refractivity contribution in [2.75, 3.05) is 5.32 Å². The third-order valence-corrected chi connectivity index (χ3v) is 8.58. The van der Waals surface area contributed by atoms with Gasteiger partial charge in [-0.25, -0.2) is 9.37 Å². The largest absolute Gasteiger partial charge is 0.330 e. The van der Waals surface area contributed by atoms with E-state index in [1.54, 1.807) is 6.07 Å². The lowest BCUT2D eigenvalue weighted by atomic mass is 9.80. The van der Waals surface area contributed by atoms with Crippen LogP contribution in [0.15, 0.2) is 48.7 Å². The molecule has 6 rings (SSSR count). The van der Waals surface area contributed by atoms with E-state index >= 15 is 0 Å². The summed E-state index contributed by atoms with van der Waals surface area (Å²) >= 11 is 1.32. The molecule has 0 spiro atoms. The molecule has 1 aliphatic heterocycles. The molecule has 200 valence electrons. The molecule has 7 nitrogen and oxygen atoms in total. The number of carbonyl (C=O) groups is 2. The quantitative estimate of drug-likeness (QED) is 0.263. The molecule has 1 N–H and O–H groups in total. The Balaban J connectivity index is 1.24. The number of nitriles is 1. The van der Waals surface area contributed by atoms with Crippen LogP contribution in [0.5, 0.6) is 0 Å². The van der Waals surface area contributed by atoms with Crippen molar-refractivity contribution in [3.8, 4) is 6.07 Å².